The van der Waals surface area contributed by atoms with E-state index in [9.17, 15) is 4.79 Å². The first kappa shape index (κ1) is 22.6. The molecule has 0 amide bonds. The third-order valence-corrected chi connectivity index (χ3v) is 6.53. The Hall–Kier alpha value is -2.05. The number of allylic oxidation sites excluding steroid dienone is 1. The van der Waals surface area contributed by atoms with Crippen molar-refractivity contribution in [2.24, 2.45) is 17.8 Å². The van der Waals surface area contributed by atoms with Crippen molar-refractivity contribution in [3.63, 3.8) is 0 Å². The number of hydrogen-bond donors (Lipinski definition) is 0. The van der Waals surface area contributed by atoms with Crippen LogP contribution in [0.25, 0.3) is 0 Å². The van der Waals surface area contributed by atoms with Crippen LogP contribution in [0, 0.1) is 29.6 Å². The average Bonchev–Trinajstić information content (AvgIpc) is 2.79. The fourth-order valence-corrected chi connectivity index (χ4v) is 4.64. The summed E-state index contributed by atoms with van der Waals surface area (Å²) in [7, 11) is 0. The van der Waals surface area contributed by atoms with E-state index in [1.54, 1.807) is 0 Å². The van der Waals surface area contributed by atoms with E-state index in [0.717, 1.165) is 75.9 Å². The highest BCUT2D eigenvalue weighted by molar-refractivity contribution is 5.75. The molecule has 0 heterocycles. The number of rotatable bonds is 7. The molecule has 30 heavy (non-hydrogen) atoms. The molecule has 0 N–H and O–H groups in total. The van der Waals surface area contributed by atoms with E-state index in [-0.39, 0.29) is 11.9 Å². The molecule has 2 fully saturated rings. The summed E-state index contributed by atoms with van der Waals surface area (Å²) in [5.74, 6) is 8.47. The molecule has 2 aliphatic rings. The second-order valence-electron chi connectivity index (χ2n) is 8.73. The number of carbonyl (C=O) groups excluding carboxylic acids is 1. The van der Waals surface area contributed by atoms with Gasteiger partial charge in [-0.1, -0.05) is 17.9 Å². The summed E-state index contributed by atoms with van der Waals surface area (Å²) in [4.78, 5) is 12.5. The van der Waals surface area contributed by atoms with Gasteiger partial charge in [0, 0.05) is 18.1 Å². The summed E-state index contributed by atoms with van der Waals surface area (Å²) < 4.78 is 11.3. The fourth-order valence-electron chi connectivity index (χ4n) is 4.64. The van der Waals surface area contributed by atoms with Crippen LogP contribution in [0.2, 0.25) is 0 Å². The Labute approximate surface area is 182 Å². The minimum absolute atomic E-state index is 0.0382. The molecule has 162 valence electrons. The summed E-state index contributed by atoms with van der Waals surface area (Å²) >= 11 is 0. The second kappa shape index (κ2) is 12.0. The van der Waals surface area contributed by atoms with Crippen LogP contribution in [0.5, 0.6) is 5.75 Å². The van der Waals surface area contributed by atoms with Crippen LogP contribution in [0.3, 0.4) is 0 Å². The van der Waals surface area contributed by atoms with Crippen LogP contribution in [-0.2, 0) is 9.53 Å². The van der Waals surface area contributed by atoms with Gasteiger partial charge in [0.2, 0.25) is 0 Å². The summed E-state index contributed by atoms with van der Waals surface area (Å²) in [6.45, 7) is 6.66. The van der Waals surface area contributed by atoms with Gasteiger partial charge in [-0.25, -0.2) is 0 Å². The predicted octanol–water partition coefficient (Wildman–Crippen LogP) is 6.31. The highest BCUT2D eigenvalue weighted by Gasteiger charge is 2.27. The lowest BCUT2D eigenvalue weighted by Crippen LogP contribution is -2.25. The summed E-state index contributed by atoms with van der Waals surface area (Å²) in [6.07, 6.45) is 13.2. The summed E-state index contributed by atoms with van der Waals surface area (Å²) in [5, 5.41) is 0. The largest absolute Gasteiger partial charge is 0.426 e. The quantitative estimate of drug-likeness (QED) is 0.229. The minimum atomic E-state index is -0.0814. The molecule has 0 saturated heterocycles. The minimum Gasteiger partial charge on any atom is -0.426 e. The first-order chi connectivity index (χ1) is 14.7. The van der Waals surface area contributed by atoms with Gasteiger partial charge in [-0.05, 0) is 101 Å². The first-order valence-electron chi connectivity index (χ1n) is 11.7. The number of benzene rings is 1. The topological polar surface area (TPSA) is 35.5 Å². The van der Waals surface area contributed by atoms with Crippen molar-refractivity contribution in [2.45, 2.75) is 77.2 Å². The lowest BCUT2D eigenvalue weighted by molar-refractivity contribution is -0.140. The Kier molecular flexibility index (Phi) is 9.02. The molecule has 3 heteroatoms. The highest BCUT2D eigenvalue weighted by atomic mass is 16.5. The van der Waals surface area contributed by atoms with Crippen LogP contribution in [-0.4, -0.2) is 18.7 Å². The molecule has 0 unspecified atom stereocenters. The van der Waals surface area contributed by atoms with E-state index in [1.165, 1.54) is 6.42 Å². The van der Waals surface area contributed by atoms with Crippen molar-refractivity contribution < 1.29 is 14.3 Å². The zero-order valence-electron chi connectivity index (χ0n) is 18.4. The molecule has 3 nitrogen and oxygen atoms in total. The Morgan fingerprint density at radius 1 is 1.07 bits per heavy atom. The van der Waals surface area contributed by atoms with Gasteiger partial charge in [0.05, 0.1) is 12.0 Å². The monoisotopic (exact) mass is 408 g/mol. The van der Waals surface area contributed by atoms with Gasteiger partial charge in [0.1, 0.15) is 5.75 Å². The molecule has 0 aliphatic heterocycles. The molecule has 1 aromatic carbocycles. The molecule has 0 atom stereocenters. The van der Waals surface area contributed by atoms with Crippen LogP contribution in [0.1, 0.15) is 76.7 Å². The lowest BCUT2D eigenvalue weighted by atomic mass is 9.80. The molecule has 3 rings (SSSR count). The molecule has 2 saturated carbocycles. The molecule has 1 aromatic rings. The van der Waals surface area contributed by atoms with Crippen molar-refractivity contribution >= 4 is 5.97 Å². The van der Waals surface area contributed by atoms with Crippen molar-refractivity contribution in [3.8, 4) is 17.6 Å². The van der Waals surface area contributed by atoms with Gasteiger partial charge in [-0.2, -0.15) is 0 Å². The molecular weight excluding hydrogens is 372 g/mol. The fraction of sp³-hybridized carbons (Fsp3) is 0.593. The standard InChI is InChI=1S/C27H36O3/c1-3-5-6-21-9-15-24(16-10-21)27(28)30-26-19-13-23(14-20-26)8-7-22-11-17-25(18-12-22)29-4-2/h3,13-14,19-22,24-25H,1,4-6,9-12,15-18H2,2H3. The van der Waals surface area contributed by atoms with Gasteiger partial charge in [0.15, 0.2) is 0 Å². The van der Waals surface area contributed by atoms with Crippen molar-refractivity contribution in [2.75, 3.05) is 6.61 Å². The average molecular weight is 409 g/mol. The predicted molar refractivity (Wildman–Crippen MR) is 121 cm³/mol. The third-order valence-electron chi connectivity index (χ3n) is 6.53. The highest BCUT2D eigenvalue weighted by Crippen LogP contribution is 2.32. The van der Waals surface area contributed by atoms with E-state index in [1.807, 2.05) is 30.3 Å². The smallest absolute Gasteiger partial charge is 0.314 e. The van der Waals surface area contributed by atoms with Crippen molar-refractivity contribution in [3.05, 3.63) is 42.5 Å². The van der Waals surface area contributed by atoms with Crippen molar-refractivity contribution in [1.82, 2.24) is 0 Å². The number of ether oxygens (including phenoxy) is 2. The van der Waals surface area contributed by atoms with E-state index < -0.39 is 0 Å². The Balaban J connectivity index is 1.43. The second-order valence-corrected chi connectivity index (χ2v) is 8.73. The third kappa shape index (κ3) is 7.03. The van der Waals surface area contributed by atoms with E-state index >= 15 is 0 Å². The van der Waals surface area contributed by atoms with Gasteiger partial charge < -0.3 is 9.47 Å². The van der Waals surface area contributed by atoms with Crippen LogP contribution in [0.15, 0.2) is 36.9 Å². The zero-order valence-corrected chi connectivity index (χ0v) is 18.4. The Bertz CT molecular complexity index is 724. The van der Waals surface area contributed by atoms with E-state index in [4.69, 9.17) is 9.47 Å². The lowest BCUT2D eigenvalue weighted by Gasteiger charge is -2.26. The van der Waals surface area contributed by atoms with Crippen LogP contribution in [0.4, 0.5) is 0 Å². The van der Waals surface area contributed by atoms with Gasteiger partial charge in [-0.3, -0.25) is 4.79 Å². The van der Waals surface area contributed by atoms with Gasteiger partial charge in [0.25, 0.3) is 0 Å². The normalized spacial score (nSPS) is 26.3. The van der Waals surface area contributed by atoms with Gasteiger partial charge >= 0.3 is 5.97 Å². The molecule has 0 aromatic heterocycles. The molecule has 0 radical (unpaired) electrons. The van der Waals surface area contributed by atoms with Crippen LogP contribution >= 0.6 is 0 Å². The zero-order chi connectivity index (χ0) is 21.2. The number of carbonyl (C=O) groups is 1. The Morgan fingerprint density at radius 2 is 1.77 bits per heavy atom. The number of esters is 1. The molecule has 0 bridgehead atoms. The maximum atomic E-state index is 12.5. The molecule has 2 aliphatic carbocycles. The molecule has 0 spiro atoms. The first-order valence-corrected chi connectivity index (χ1v) is 11.7. The van der Waals surface area contributed by atoms with Crippen molar-refractivity contribution in [1.29, 1.82) is 0 Å². The SMILES string of the molecule is C=CCCC1CCC(C(=O)Oc2ccc(C#CC3CCC(OCC)CC3)cc2)CC1. The van der Waals surface area contributed by atoms with E-state index in [2.05, 4.69) is 25.3 Å². The Morgan fingerprint density at radius 3 is 2.40 bits per heavy atom. The summed E-state index contributed by atoms with van der Waals surface area (Å²) in [5.41, 5.74) is 0.976. The maximum absolute atomic E-state index is 12.5. The number of hydrogen-bond acceptors (Lipinski definition) is 3. The van der Waals surface area contributed by atoms with Gasteiger partial charge in [-0.15, -0.1) is 6.58 Å². The maximum Gasteiger partial charge on any atom is 0.314 e. The summed E-state index contributed by atoms with van der Waals surface area (Å²) in [6, 6.07) is 7.63. The van der Waals surface area contributed by atoms with Crippen LogP contribution < -0.4 is 4.74 Å². The molecular formula is C27H36O3. The van der Waals surface area contributed by atoms with E-state index in [0.29, 0.717) is 17.8 Å².